The molecule has 0 N–H and O–H groups in total. The van der Waals surface area contributed by atoms with Gasteiger partial charge in [0.05, 0.1) is 5.02 Å². The highest BCUT2D eigenvalue weighted by atomic mass is 35.5. The first-order chi connectivity index (χ1) is 7.11. The fourth-order valence-corrected chi connectivity index (χ4v) is 1.56. The Balaban J connectivity index is 3.20. The van der Waals surface area contributed by atoms with Crippen LogP contribution in [0.2, 0.25) is 5.02 Å². The fraction of sp³-hybridized carbons (Fsp3) is 0.167. The lowest BCUT2D eigenvalue weighted by molar-refractivity contribution is 0.341. The van der Waals surface area contributed by atoms with Gasteiger partial charge in [-0.3, -0.25) is 0 Å². The minimum Gasteiger partial charge on any atom is -0.486 e. The SMILES string of the molecule is C=CCOc1cc(C)c(C=C)c(Cl)c1F. The molecule has 0 aromatic heterocycles. The van der Waals surface area contributed by atoms with Gasteiger partial charge in [0.2, 0.25) is 0 Å². The van der Waals surface area contributed by atoms with E-state index in [1.54, 1.807) is 12.1 Å². The summed E-state index contributed by atoms with van der Waals surface area (Å²) in [5.41, 5.74) is 1.43. The average Bonchev–Trinajstić information content (AvgIpc) is 2.22. The molecule has 0 fully saturated rings. The van der Waals surface area contributed by atoms with E-state index in [1.807, 2.05) is 6.92 Å². The van der Waals surface area contributed by atoms with Gasteiger partial charge in [0.25, 0.3) is 0 Å². The lowest BCUT2D eigenvalue weighted by atomic mass is 10.1. The van der Waals surface area contributed by atoms with Crippen molar-refractivity contribution < 1.29 is 9.13 Å². The quantitative estimate of drug-likeness (QED) is 0.706. The van der Waals surface area contributed by atoms with E-state index in [0.29, 0.717) is 5.56 Å². The van der Waals surface area contributed by atoms with Crippen LogP contribution in [0.25, 0.3) is 6.08 Å². The maximum atomic E-state index is 13.6. The average molecular weight is 227 g/mol. The maximum Gasteiger partial charge on any atom is 0.184 e. The molecule has 0 saturated heterocycles. The van der Waals surface area contributed by atoms with Gasteiger partial charge < -0.3 is 4.74 Å². The minimum atomic E-state index is -0.556. The smallest absolute Gasteiger partial charge is 0.184 e. The Morgan fingerprint density at radius 2 is 2.20 bits per heavy atom. The highest BCUT2D eigenvalue weighted by Crippen LogP contribution is 2.31. The Kier molecular flexibility index (Phi) is 3.92. The number of halogens is 2. The monoisotopic (exact) mass is 226 g/mol. The molecule has 0 spiro atoms. The summed E-state index contributed by atoms with van der Waals surface area (Å²) in [4.78, 5) is 0. The molecule has 0 atom stereocenters. The third-order valence-electron chi connectivity index (χ3n) is 1.98. The maximum absolute atomic E-state index is 13.6. The van der Waals surface area contributed by atoms with Crippen LogP contribution in [0.5, 0.6) is 5.75 Å². The molecular formula is C12H12ClFO. The molecule has 1 aromatic carbocycles. The Hall–Kier alpha value is -1.28. The first kappa shape index (κ1) is 11.8. The fourth-order valence-electron chi connectivity index (χ4n) is 1.24. The standard InChI is InChI=1S/C12H12ClFO/c1-4-6-15-10-7-8(3)9(5-2)11(13)12(10)14/h4-5,7H,1-2,6H2,3H3. The van der Waals surface area contributed by atoms with Gasteiger partial charge >= 0.3 is 0 Å². The predicted molar refractivity (Wildman–Crippen MR) is 61.9 cm³/mol. The van der Waals surface area contributed by atoms with Crippen molar-refractivity contribution in [2.24, 2.45) is 0 Å². The zero-order valence-electron chi connectivity index (χ0n) is 8.52. The Morgan fingerprint density at radius 1 is 1.53 bits per heavy atom. The molecule has 1 nitrogen and oxygen atoms in total. The van der Waals surface area contributed by atoms with Crippen LogP contribution < -0.4 is 4.74 Å². The third kappa shape index (κ3) is 2.39. The van der Waals surface area contributed by atoms with E-state index >= 15 is 0 Å². The first-order valence-corrected chi connectivity index (χ1v) is 4.84. The Morgan fingerprint density at radius 3 is 2.73 bits per heavy atom. The molecule has 0 heterocycles. The van der Waals surface area contributed by atoms with E-state index in [9.17, 15) is 4.39 Å². The van der Waals surface area contributed by atoms with E-state index in [2.05, 4.69) is 13.2 Å². The normalized spacial score (nSPS) is 9.80. The molecule has 0 aliphatic rings. The first-order valence-electron chi connectivity index (χ1n) is 4.46. The molecule has 1 aromatic rings. The zero-order chi connectivity index (χ0) is 11.4. The predicted octanol–water partition coefficient (Wildman–Crippen LogP) is 4.00. The van der Waals surface area contributed by atoms with Crippen molar-refractivity contribution in [2.45, 2.75) is 6.92 Å². The Labute approximate surface area is 93.8 Å². The summed E-state index contributed by atoms with van der Waals surface area (Å²) in [7, 11) is 0. The molecule has 15 heavy (non-hydrogen) atoms. The molecule has 0 saturated carbocycles. The number of benzene rings is 1. The van der Waals surface area contributed by atoms with E-state index < -0.39 is 5.82 Å². The largest absolute Gasteiger partial charge is 0.486 e. The number of hydrogen-bond donors (Lipinski definition) is 0. The molecule has 0 radical (unpaired) electrons. The van der Waals surface area contributed by atoms with Crippen LogP contribution in [0.15, 0.2) is 25.3 Å². The van der Waals surface area contributed by atoms with Crippen molar-refractivity contribution in [1.82, 2.24) is 0 Å². The number of hydrogen-bond acceptors (Lipinski definition) is 1. The topological polar surface area (TPSA) is 9.23 Å². The van der Waals surface area contributed by atoms with E-state index in [1.165, 1.54) is 6.08 Å². The van der Waals surface area contributed by atoms with Gasteiger partial charge in [-0.15, -0.1) is 0 Å². The van der Waals surface area contributed by atoms with Crippen LogP contribution in [0.1, 0.15) is 11.1 Å². The van der Waals surface area contributed by atoms with Gasteiger partial charge in [-0.05, 0) is 24.1 Å². The van der Waals surface area contributed by atoms with Crippen LogP contribution >= 0.6 is 11.6 Å². The number of rotatable bonds is 4. The summed E-state index contributed by atoms with van der Waals surface area (Å²) in [5.74, 6) is -0.415. The van der Waals surface area contributed by atoms with Gasteiger partial charge in [-0.25, -0.2) is 4.39 Å². The molecule has 0 unspecified atom stereocenters. The number of aryl methyl sites for hydroxylation is 1. The van der Waals surface area contributed by atoms with Crippen LogP contribution in [0, 0.1) is 12.7 Å². The zero-order valence-corrected chi connectivity index (χ0v) is 9.27. The van der Waals surface area contributed by atoms with Gasteiger partial charge in [-0.1, -0.05) is 36.9 Å². The highest BCUT2D eigenvalue weighted by Gasteiger charge is 2.13. The van der Waals surface area contributed by atoms with Gasteiger partial charge in [0, 0.05) is 0 Å². The van der Waals surface area contributed by atoms with Crippen molar-refractivity contribution in [3.05, 3.63) is 47.3 Å². The summed E-state index contributed by atoms with van der Waals surface area (Å²) in [6.07, 6.45) is 3.07. The minimum absolute atomic E-state index is 0.0454. The van der Waals surface area contributed by atoms with Crippen molar-refractivity contribution >= 4 is 17.7 Å². The summed E-state index contributed by atoms with van der Waals surface area (Å²) in [5, 5.41) is 0.0454. The van der Waals surface area contributed by atoms with Crippen molar-refractivity contribution in [2.75, 3.05) is 6.61 Å². The molecule has 0 aliphatic heterocycles. The summed E-state index contributed by atoms with van der Waals surface area (Å²) in [6, 6.07) is 1.60. The van der Waals surface area contributed by atoms with E-state index in [4.69, 9.17) is 16.3 Å². The second-order valence-electron chi connectivity index (χ2n) is 3.04. The lowest BCUT2D eigenvalue weighted by Crippen LogP contribution is -1.98. The van der Waals surface area contributed by atoms with Crippen LogP contribution in [0.4, 0.5) is 4.39 Å². The molecule has 0 amide bonds. The second kappa shape index (κ2) is 4.99. The number of ether oxygens (including phenoxy) is 1. The molecular weight excluding hydrogens is 215 g/mol. The van der Waals surface area contributed by atoms with Gasteiger partial charge in [-0.2, -0.15) is 0 Å². The lowest BCUT2D eigenvalue weighted by Gasteiger charge is -2.10. The summed E-state index contributed by atoms with van der Waals surface area (Å²) >= 11 is 5.83. The molecule has 3 heteroatoms. The van der Waals surface area contributed by atoms with Crippen LogP contribution in [-0.2, 0) is 0 Å². The second-order valence-corrected chi connectivity index (χ2v) is 3.42. The van der Waals surface area contributed by atoms with E-state index in [0.717, 1.165) is 5.56 Å². The van der Waals surface area contributed by atoms with Gasteiger partial charge in [0.1, 0.15) is 6.61 Å². The highest BCUT2D eigenvalue weighted by molar-refractivity contribution is 6.32. The Bertz CT molecular complexity index is 399. The molecule has 1 rings (SSSR count). The van der Waals surface area contributed by atoms with E-state index in [-0.39, 0.29) is 17.4 Å². The molecule has 0 aliphatic carbocycles. The summed E-state index contributed by atoms with van der Waals surface area (Å²) < 4.78 is 18.7. The van der Waals surface area contributed by atoms with Gasteiger partial charge in [0.15, 0.2) is 11.6 Å². The van der Waals surface area contributed by atoms with Crippen molar-refractivity contribution in [3.8, 4) is 5.75 Å². The van der Waals surface area contributed by atoms with Crippen LogP contribution in [-0.4, -0.2) is 6.61 Å². The summed E-state index contributed by atoms with van der Waals surface area (Å²) in [6.45, 7) is 9.14. The molecule has 0 bridgehead atoms. The third-order valence-corrected chi connectivity index (χ3v) is 2.35. The van der Waals surface area contributed by atoms with Crippen molar-refractivity contribution in [1.29, 1.82) is 0 Å². The van der Waals surface area contributed by atoms with Crippen LogP contribution in [0.3, 0.4) is 0 Å². The molecule has 80 valence electrons. The van der Waals surface area contributed by atoms with Crippen molar-refractivity contribution in [3.63, 3.8) is 0 Å².